The van der Waals surface area contributed by atoms with Gasteiger partial charge in [0.25, 0.3) is 0 Å². The highest BCUT2D eigenvalue weighted by Gasteiger charge is 2.16. The summed E-state index contributed by atoms with van der Waals surface area (Å²) in [5.74, 6) is 0.592. The van der Waals surface area contributed by atoms with Crippen LogP contribution in [0.2, 0.25) is 0 Å². The van der Waals surface area contributed by atoms with Crippen molar-refractivity contribution in [2.24, 2.45) is 0 Å². The highest BCUT2D eigenvalue weighted by atomic mass is 15.1. The van der Waals surface area contributed by atoms with Gasteiger partial charge in [-0.05, 0) is 30.7 Å². The summed E-state index contributed by atoms with van der Waals surface area (Å²) in [7, 11) is 0. The van der Waals surface area contributed by atoms with Crippen LogP contribution in [-0.2, 0) is 0 Å². The highest BCUT2D eigenvalue weighted by molar-refractivity contribution is 5.39. The molecule has 0 fully saturated rings. The second kappa shape index (κ2) is 6.13. The van der Waals surface area contributed by atoms with E-state index < -0.39 is 0 Å². The molecule has 3 aromatic rings. The summed E-state index contributed by atoms with van der Waals surface area (Å²) in [6.45, 7) is 2.08. The van der Waals surface area contributed by atoms with Gasteiger partial charge in [-0.2, -0.15) is 0 Å². The van der Waals surface area contributed by atoms with Crippen LogP contribution < -0.4 is 5.32 Å². The van der Waals surface area contributed by atoms with Gasteiger partial charge in [-0.15, -0.1) is 0 Å². The fourth-order valence-corrected chi connectivity index (χ4v) is 2.23. The Morgan fingerprint density at radius 2 is 1.67 bits per heavy atom. The van der Waals surface area contributed by atoms with Crippen LogP contribution in [0.3, 0.4) is 0 Å². The number of pyridine rings is 1. The third kappa shape index (κ3) is 3.23. The molecule has 21 heavy (non-hydrogen) atoms. The van der Waals surface area contributed by atoms with E-state index in [1.54, 1.807) is 24.7 Å². The first kappa shape index (κ1) is 13.2. The van der Waals surface area contributed by atoms with Gasteiger partial charge >= 0.3 is 0 Å². The van der Waals surface area contributed by atoms with Crippen LogP contribution >= 0.6 is 0 Å². The maximum atomic E-state index is 4.46. The quantitative estimate of drug-likeness (QED) is 0.793. The molecule has 104 valence electrons. The standard InChI is InChI=1S/C17H16N4/c1-13-6-4-7-14(12-13)16(15-8-2-3-9-18-15)21-17-19-10-5-11-20-17/h2-12,16H,1H3,(H,19,20,21). The van der Waals surface area contributed by atoms with Crippen molar-refractivity contribution < 1.29 is 0 Å². The topological polar surface area (TPSA) is 50.7 Å². The lowest BCUT2D eigenvalue weighted by Crippen LogP contribution is -2.15. The molecule has 3 rings (SSSR count). The van der Waals surface area contributed by atoms with E-state index in [1.165, 1.54) is 5.56 Å². The molecule has 0 aliphatic rings. The Kier molecular flexibility index (Phi) is 3.87. The number of nitrogens with zero attached hydrogens (tertiary/aromatic N) is 3. The Hall–Kier alpha value is -2.75. The number of aryl methyl sites for hydroxylation is 1. The lowest BCUT2D eigenvalue weighted by molar-refractivity contribution is 0.864. The summed E-state index contributed by atoms with van der Waals surface area (Å²) in [6.07, 6.45) is 5.24. The van der Waals surface area contributed by atoms with Gasteiger partial charge in [0.15, 0.2) is 0 Å². The summed E-state index contributed by atoms with van der Waals surface area (Å²) < 4.78 is 0. The third-order valence-electron chi connectivity index (χ3n) is 3.20. The fourth-order valence-electron chi connectivity index (χ4n) is 2.23. The van der Waals surface area contributed by atoms with E-state index in [4.69, 9.17) is 0 Å². The molecule has 0 saturated heterocycles. The molecule has 2 aromatic heterocycles. The minimum absolute atomic E-state index is 0.0755. The monoisotopic (exact) mass is 276 g/mol. The molecule has 0 bridgehead atoms. The number of benzene rings is 1. The molecule has 2 heterocycles. The molecule has 0 radical (unpaired) electrons. The Morgan fingerprint density at radius 1 is 0.857 bits per heavy atom. The number of hydrogen-bond acceptors (Lipinski definition) is 4. The van der Waals surface area contributed by atoms with Crippen molar-refractivity contribution in [3.63, 3.8) is 0 Å². The Morgan fingerprint density at radius 3 is 2.38 bits per heavy atom. The highest BCUT2D eigenvalue weighted by Crippen LogP contribution is 2.24. The zero-order chi connectivity index (χ0) is 14.5. The molecule has 4 nitrogen and oxygen atoms in total. The Bertz CT molecular complexity index is 698. The van der Waals surface area contributed by atoms with Gasteiger partial charge in [-0.1, -0.05) is 35.9 Å². The van der Waals surface area contributed by atoms with Crippen molar-refractivity contribution in [3.05, 3.63) is 83.9 Å². The minimum atomic E-state index is -0.0755. The summed E-state index contributed by atoms with van der Waals surface area (Å²) in [6, 6.07) is 16.0. The largest absolute Gasteiger partial charge is 0.342 e. The van der Waals surface area contributed by atoms with Crippen molar-refractivity contribution in [1.82, 2.24) is 15.0 Å². The van der Waals surface area contributed by atoms with Crippen molar-refractivity contribution in [2.75, 3.05) is 5.32 Å². The molecule has 1 atom stereocenters. The number of nitrogens with one attached hydrogen (secondary N) is 1. The predicted molar refractivity (Wildman–Crippen MR) is 82.9 cm³/mol. The summed E-state index contributed by atoms with van der Waals surface area (Å²) in [5.41, 5.74) is 3.29. The summed E-state index contributed by atoms with van der Waals surface area (Å²) >= 11 is 0. The molecule has 1 N–H and O–H groups in total. The SMILES string of the molecule is Cc1cccc(C(Nc2ncccn2)c2ccccn2)c1. The first-order chi connectivity index (χ1) is 10.3. The number of hydrogen-bond donors (Lipinski definition) is 1. The first-order valence-electron chi connectivity index (χ1n) is 6.84. The molecule has 1 aromatic carbocycles. The Balaban J connectivity index is 1.99. The van der Waals surface area contributed by atoms with Crippen molar-refractivity contribution >= 4 is 5.95 Å². The molecule has 0 amide bonds. The number of anilines is 1. The van der Waals surface area contributed by atoms with Gasteiger partial charge < -0.3 is 5.32 Å². The van der Waals surface area contributed by atoms with E-state index in [0.717, 1.165) is 11.3 Å². The van der Waals surface area contributed by atoms with Gasteiger partial charge in [0.05, 0.1) is 11.7 Å². The summed E-state index contributed by atoms with van der Waals surface area (Å²) in [4.78, 5) is 12.9. The van der Waals surface area contributed by atoms with Crippen LogP contribution in [0, 0.1) is 6.92 Å². The van der Waals surface area contributed by atoms with Crippen molar-refractivity contribution in [1.29, 1.82) is 0 Å². The van der Waals surface area contributed by atoms with Crippen LogP contribution in [0.25, 0.3) is 0 Å². The van der Waals surface area contributed by atoms with Crippen molar-refractivity contribution in [3.8, 4) is 0 Å². The zero-order valence-electron chi connectivity index (χ0n) is 11.8. The van der Waals surface area contributed by atoms with Crippen LogP contribution in [0.4, 0.5) is 5.95 Å². The summed E-state index contributed by atoms with van der Waals surface area (Å²) in [5, 5.41) is 3.35. The van der Waals surface area contributed by atoms with E-state index in [1.807, 2.05) is 24.3 Å². The van der Waals surface area contributed by atoms with E-state index in [-0.39, 0.29) is 6.04 Å². The minimum Gasteiger partial charge on any atom is -0.342 e. The molecule has 1 unspecified atom stereocenters. The predicted octanol–water partition coefficient (Wildman–Crippen LogP) is 3.38. The maximum absolute atomic E-state index is 4.46. The molecule has 0 aliphatic heterocycles. The van der Waals surface area contributed by atoms with E-state index in [0.29, 0.717) is 5.95 Å². The van der Waals surface area contributed by atoms with Crippen LogP contribution in [-0.4, -0.2) is 15.0 Å². The second-order valence-corrected chi connectivity index (χ2v) is 4.82. The molecule has 0 spiro atoms. The van der Waals surface area contributed by atoms with Crippen molar-refractivity contribution in [2.45, 2.75) is 13.0 Å². The first-order valence-corrected chi connectivity index (χ1v) is 6.84. The van der Waals surface area contributed by atoms with Gasteiger partial charge in [0.2, 0.25) is 5.95 Å². The average Bonchev–Trinajstić information content (AvgIpc) is 2.54. The fraction of sp³-hybridized carbons (Fsp3) is 0.118. The zero-order valence-corrected chi connectivity index (χ0v) is 11.8. The normalized spacial score (nSPS) is 11.9. The van der Waals surface area contributed by atoms with Gasteiger partial charge in [-0.25, -0.2) is 9.97 Å². The van der Waals surface area contributed by atoms with Gasteiger partial charge in [0.1, 0.15) is 0 Å². The van der Waals surface area contributed by atoms with Gasteiger partial charge in [-0.3, -0.25) is 4.98 Å². The van der Waals surface area contributed by atoms with Crippen LogP contribution in [0.15, 0.2) is 67.1 Å². The van der Waals surface area contributed by atoms with E-state index in [2.05, 4.69) is 45.4 Å². The van der Waals surface area contributed by atoms with Crippen LogP contribution in [0.5, 0.6) is 0 Å². The Labute approximate surface area is 123 Å². The molecular weight excluding hydrogens is 260 g/mol. The van der Waals surface area contributed by atoms with E-state index in [9.17, 15) is 0 Å². The second-order valence-electron chi connectivity index (χ2n) is 4.82. The third-order valence-corrected chi connectivity index (χ3v) is 3.20. The maximum Gasteiger partial charge on any atom is 0.223 e. The molecule has 4 heteroatoms. The lowest BCUT2D eigenvalue weighted by Gasteiger charge is -2.19. The molecule has 0 saturated carbocycles. The number of rotatable bonds is 4. The van der Waals surface area contributed by atoms with Gasteiger partial charge in [0, 0.05) is 18.6 Å². The number of aromatic nitrogens is 3. The molecular formula is C17H16N4. The van der Waals surface area contributed by atoms with E-state index >= 15 is 0 Å². The lowest BCUT2D eigenvalue weighted by atomic mass is 10.0. The van der Waals surface area contributed by atoms with Crippen LogP contribution in [0.1, 0.15) is 22.9 Å². The smallest absolute Gasteiger partial charge is 0.223 e. The molecule has 0 aliphatic carbocycles. The average molecular weight is 276 g/mol.